The Morgan fingerprint density at radius 2 is 1.58 bits per heavy atom. The van der Waals surface area contributed by atoms with Gasteiger partial charge in [0.1, 0.15) is 5.75 Å². The second kappa shape index (κ2) is 7.71. The first kappa shape index (κ1) is 18.3. The Labute approximate surface area is 149 Å². The molecule has 24 heavy (non-hydrogen) atoms. The molecule has 1 N–H and O–H groups in total. The Morgan fingerprint density at radius 3 is 2.04 bits per heavy atom. The SMILES string of the molecule is COc1c(C(C)C)cc(NC(=O)c2ccccc2Cl)cc1C(C)C. The van der Waals surface area contributed by atoms with Gasteiger partial charge in [-0.05, 0) is 47.2 Å². The molecule has 0 saturated carbocycles. The quantitative estimate of drug-likeness (QED) is 0.738. The number of benzene rings is 2. The number of hydrogen-bond donors (Lipinski definition) is 1. The van der Waals surface area contributed by atoms with Crippen molar-refractivity contribution in [3.05, 3.63) is 58.1 Å². The predicted molar refractivity (Wildman–Crippen MR) is 101 cm³/mol. The van der Waals surface area contributed by atoms with Gasteiger partial charge < -0.3 is 10.1 Å². The van der Waals surface area contributed by atoms with Gasteiger partial charge in [-0.25, -0.2) is 0 Å². The van der Waals surface area contributed by atoms with E-state index in [2.05, 4.69) is 33.0 Å². The molecule has 0 radical (unpaired) electrons. The van der Waals surface area contributed by atoms with Gasteiger partial charge in [0.2, 0.25) is 0 Å². The van der Waals surface area contributed by atoms with Gasteiger partial charge in [-0.1, -0.05) is 51.4 Å². The first-order chi connectivity index (χ1) is 11.3. The van der Waals surface area contributed by atoms with Crippen molar-refractivity contribution in [2.45, 2.75) is 39.5 Å². The average molecular weight is 346 g/mol. The monoisotopic (exact) mass is 345 g/mol. The normalized spacial score (nSPS) is 11.0. The zero-order chi connectivity index (χ0) is 17.9. The molecule has 0 aromatic heterocycles. The van der Waals surface area contributed by atoms with Gasteiger partial charge in [0.15, 0.2) is 0 Å². The number of rotatable bonds is 5. The van der Waals surface area contributed by atoms with E-state index in [1.807, 2.05) is 12.1 Å². The largest absolute Gasteiger partial charge is 0.496 e. The number of amides is 1. The highest BCUT2D eigenvalue weighted by Crippen LogP contribution is 2.37. The molecule has 0 atom stereocenters. The van der Waals surface area contributed by atoms with Crippen molar-refractivity contribution in [1.82, 2.24) is 0 Å². The smallest absolute Gasteiger partial charge is 0.257 e. The third-order valence-electron chi connectivity index (χ3n) is 3.97. The van der Waals surface area contributed by atoms with E-state index in [-0.39, 0.29) is 17.7 Å². The van der Waals surface area contributed by atoms with Gasteiger partial charge in [0.05, 0.1) is 17.7 Å². The lowest BCUT2D eigenvalue weighted by Gasteiger charge is -2.20. The van der Waals surface area contributed by atoms with Crippen LogP contribution in [0.1, 0.15) is 61.0 Å². The molecule has 0 unspecified atom stereocenters. The molecule has 0 heterocycles. The summed E-state index contributed by atoms with van der Waals surface area (Å²) in [6.45, 7) is 8.45. The maximum Gasteiger partial charge on any atom is 0.257 e. The van der Waals surface area contributed by atoms with Crippen molar-refractivity contribution in [2.24, 2.45) is 0 Å². The molecule has 0 bridgehead atoms. The minimum atomic E-state index is -0.213. The van der Waals surface area contributed by atoms with Crippen molar-refractivity contribution >= 4 is 23.2 Å². The van der Waals surface area contributed by atoms with Crippen molar-refractivity contribution < 1.29 is 9.53 Å². The van der Waals surface area contributed by atoms with E-state index in [9.17, 15) is 4.79 Å². The summed E-state index contributed by atoms with van der Waals surface area (Å²) in [7, 11) is 1.69. The molecular formula is C20H24ClNO2. The number of carbonyl (C=O) groups is 1. The number of halogens is 1. The molecule has 0 saturated heterocycles. The Bertz CT molecular complexity index is 709. The average Bonchev–Trinajstić information content (AvgIpc) is 2.54. The van der Waals surface area contributed by atoms with Crippen LogP contribution in [0.2, 0.25) is 5.02 Å². The zero-order valence-electron chi connectivity index (χ0n) is 14.8. The molecular weight excluding hydrogens is 322 g/mol. The van der Waals surface area contributed by atoms with Crippen molar-refractivity contribution in [3.8, 4) is 5.75 Å². The van der Waals surface area contributed by atoms with Crippen molar-refractivity contribution in [2.75, 3.05) is 12.4 Å². The number of hydrogen-bond acceptors (Lipinski definition) is 2. The maximum atomic E-state index is 12.5. The third kappa shape index (κ3) is 3.90. The first-order valence-corrected chi connectivity index (χ1v) is 8.50. The fraction of sp³-hybridized carbons (Fsp3) is 0.350. The molecule has 128 valence electrons. The standard InChI is InChI=1S/C20H24ClNO2/c1-12(2)16-10-14(11-17(13(3)4)19(16)24-5)22-20(23)15-8-6-7-9-18(15)21/h6-13H,1-5H3,(H,22,23). The number of carbonyl (C=O) groups excluding carboxylic acids is 1. The summed E-state index contributed by atoms with van der Waals surface area (Å²) in [6.07, 6.45) is 0. The molecule has 0 fully saturated rings. The van der Waals surface area contributed by atoms with E-state index in [1.54, 1.807) is 31.4 Å². The number of methoxy groups -OCH3 is 1. The van der Waals surface area contributed by atoms with E-state index in [0.717, 1.165) is 22.6 Å². The van der Waals surface area contributed by atoms with Gasteiger partial charge in [0.25, 0.3) is 5.91 Å². The van der Waals surface area contributed by atoms with Crippen LogP contribution in [0.3, 0.4) is 0 Å². The molecule has 0 spiro atoms. The summed E-state index contributed by atoms with van der Waals surface area (Å²) in [4.78, 5) is 12.5. The summed E-state index contributed by atoms with van der Waals surface area (Å²) in [6, 6.07) is 11.0. The van der Waals surface area contributed by atoms with Crippen LogP contribution in [0.4, 0.5) is 5.69 Å². The number of ether oxygens (including phenoxy) is 1. The van der Waals surface area contributed by atoms with Gasteiger partial charge in [-0.15, -0.1) is 0 Å². The summed E-state index contributed by atoms with van der Waals surface area (Å²) in [5, 5.41) is 3.40. The Kier molecular flexibility index (Phi) is 5.89. The minimum absolute atomic E-state index is 0.213. The van der Waals surface area contributed by atoms with Gasteiger partial charge in [-0.2, -0.15) is 0 Å². The van der Waals surface area contributed by atoms with E-state index in [4.69, 9.17) is 16.3 Å². The van der Waals surface area contributed by atoms with E-state index in [0.29, 0.717) is 10.6 Å². The van der Waals surface area contributed by atoms with Crippen LogP contribution in [-0.2, 0) is 0 Å². The number of anilines is 1. The Balaban J connectivity index is 2.44. The minimum Gasteiger partial charge on any atom is -0.496 e. The fourth-order valence-electron chi connectivity index (χ4n) is 2.68. The lowest BCUT2D eigenvalue weighted by atomic mass is 9.93. The highest BCUT2D eigenvalue weighted by molar-refractivity contribution is 6.34. The van der Waals surface area contributed by atoms with Gasteiger partial charge >= 0.3 is 0 Å². The fourth-order valence-corrected chi connectivity index (χ4v) is 2.91. The summed E-state index contributed by atoms with van der Waals surface area (Å²) >= 11 is 6.12. The predicted octanol–water partition coefficient (Wildman–Crippen LogP) is 5.85. The van der Waals surface area contributed by atoms with E-state index >= 15 is 0 Å². The van der Waals surface area contributed by atoms with E-state index in [1.165, 1.54) is 0 Å². The molecule has 0 aliphatic rings. The summed E-state index contributed by atoms with van der Waals surface area (Å²) in [5.74, 6) is 1.26. The van der Waals surface area contributed by atoms with Crippen LogP contribution < -0.4 is 10.1 Å². The summed E-state index contributed by atoms with van der Waals surface area (Å²) in [5.41, 5.74) is 3.39. The molecule has 4 heteroatoms. The molecule has 2 aromatic rings. The molecule has 2 rings (SSSR count). The zero-order valence-corrected chi connectivity index (χ0v) is 15.6. The lowest BCUT2D eigenvalue weighted by molar-refractivity contribution is 0.102. The van der Waals surface area contributed by atoms with Crippen LogP contribution >= 0.6 is 11.6 Å². The highest BCUT2D eigenvalue weighted by Gasteiger charge is 2.18. The third-order valence-corrected chi connectivity index (χ3v) is 4.30. The summed E-state index contributed by atoms with van der Waals surface area (Å²) < 4.78 is 5.63. The van der Waals surface area contributed by atoms with Crippen molar-refractivity contribution in [1.29, 1.82) is 0 Å². The lowest BCUT2D eigenvalue weighted by Crippen LogP contribution is -2.13. The van der Waals surface area contributed by atoms with Crippen molar-refractivity contribution in [3.63, 3.8) is 0 Å². The van der Waals surface area contributed by atoms with Crippen LogP contribution in [0.5, 0.6) is 5.75 Å². The first-order valence-electron chi connectivity index (χ1n) is 8.12. The second-order valence-corrected chi connectivity index (χ2v) is 6.84. The molecule has 0 aliphatic carbocycles. The molecule has 2 aromatic carbocycles. The Morgan fingerprint density at radius 1 is 1.04 bits per heavy atom. The van der Waals surface area contributed by atoms with E-state index < -0.39 is 0 Å². The van der Waals surface area contributed by atoms with Gasteiger partial charge in [0, 0.05) is 5.69 Å². The molecule has 3 nitrogen and oxygen atoms in total. The molecule has 0 aliphatic heterocycles. The topological polar surface area (TPSA) is 38.3 Å². The van der Waals surface area contributed by atoms with Crippen LogP contribution in [0.15, 0.2) is 36.4 Å². The van der Waals surface area contributed by atoms with Gasteiger partial charge in [-0.3, -0.25) is 4.79 Å². The van der Waals surface area contributed by atoms with Crippen LogP contribution in [0, 0.1) is 0 Å². The molecule has 1 amide bonds. The highest BCUT2D eigenvalue weighted by atomic mass is 35.5. The van der Waals surface area contributed by atoms with Crippen LogP contribution in [-0.4, -0.2) is 13.0 Å². The number of nitrogens with one attached hydrogen (secondary N) is 1. The Hall–Kier alpha value is -2.00. The second-order valence-electron chi connectivity index (χ2n) is 6.43. The van der Waals surface area contributed by atoms with Crippen LogP contribution in [0.25, 0.3) is 0 Å². The maximum absolute atomic E-state index is 12.5.